The molecule has 9 nitrogen and oxygen atoms in total. The Balaban J connectivity index is 1.30. The summed E-state index contributed by atoms with van der Waals surface area (Å²) in [6, 6.07) is 3.16. The molecule has 36 heavy (non-hydrogen) atoms. The smallest absolute Gasteiger partial charge is 0.407 e. The molecule has 2 N–H and O–H groups in total. The van der Waals surface area contributed by atoms with Gasteiger partial charge in [-0.05, 0) is 70.6 Å². The first-order chi connectivity index (χ1) is 17.3. The van der Waals surface area contributed by atoms with Gasteiger partial charge < -0.3 is 20.1 Å². The molecular weight excluding hydrogens is 463 g/mol. The van der Waals surface area contributed by atoms with E-state index in [-0.39, 0.29) is 18.4 Å². The maximum absolute atomic E-state index is 14.6. The largest absolute Gasteiger partial charge is 0.493 e. The molecule has 1 aliphatic carbocycles. The highest BCUT2D eigenvalue weighted by Crippen LogP contribution is 2.31. The van der Waals surface area contributed by atoms with Gasteiger partial charge in [-0.15, -0.1) is 10.2 Å². The van der Waals surface area contributed by atoms with Crippen LogP contribution in [0.1, 0.15) is 63.3 Å². The van der Waals surface area contributed by atoms with E-state index in [4.69, 9.17) is 9.47 Å². The number of alkyl carbamates (subject to hydrolysis) is 1. The average molecular weight is 495 g/mol. The zero-order chi connectivity index (χ0) is 25.3. The van der Waals surface area contributed by atoms with Crippen LogP contribution in [-0.4, -0.2) is 43.9 Å². The maximum Gasteiger partial charge on any atom is 0.407 e. The fourth-order valence-corrected chi connectivity index (χ4v) is 4.70. The lowest BCUT2D eigenvalue weighted by atomic mass is 9.93. The molecule has 190 valence electrons. The zero-order valence-corrected chi connectivity index (χ0v) is 20.8. The number of benzene rings is 1. The monoisotopic (exact) mass is 494 g/mol. The summed E-state index contributed by atoms with van der Waals surface area (Å²) in [6.07, 6.45) is 9.06. The molecule has 0 bridgehead atoms. The molecule has 0 saturated heterocycles. The fourth-order valence-electron chi connectivity index (χ4n) is 4.70. The van der Waals surface area contributed by atoms with Crippen molar-refractivity contribution >= 4 is 23.1 Å². The van der Waals surface area contributed by atoms with Crippen LogP contribution in [0.2, 0.25) is 0 Å². The molecule has 5 rings (SSSR count). The SMILES string of the molecule is CC(C)(C)OC(=O)NC1CC=C(c2cnc(NCc3c(F)ccc4c3CCCO4)c3nncn23)CC1. The molecule has 0 spiro atoms. The van der Waals surface area contributed by atoms with Gasteiger partial charge in [0.15, 0.2) is 5.82 Å². The van der Waals surface area contributed by atoms with Crippen molar-refractivity contribution in [3.05, 3.63) is 53.4 Å². The van der Waals surface area contributed by atoms with E-state index in [9.17, 15) is 9.18 Å². The Hall–Kier alpha value is -3.69. The third-order valence-corrected chi connectivity index (χ3v) is 6.39. The lowest BCUT2D eigenvalue weighted by Crippen LogP contribution is -2.39. The zero-order valence-electron chi connectivity index (χ0n) is 20.8. The number of carbonyl (C=O) groups excluding carboxylic acids is 1. The Kier molecular flexibility index (Phi) is 6.51. The minimum absolute atomic E-state index is 0.0181. The number of nitrogens with one attached hydrogen (secondary N) is 2. The van der Waals surface area contributed by atoms with Crippen LogP contribution in [-0.2, 0) is 17.7 Å². The summed E-state index contributed by atoms with van der Waals surface area (Å²) in [6.45, 7) is 6.47. The summed E-state index contributed by atoms with van der Waals surface area (Å²) in [4.78, 5) is 16.7. The van der Waals surface area contributed by atoms with Crippen molar-refractivity contribution in [2.24, 2.45) is 0 Å². The van der Waals surface area contributed by atoms with Crippen molar-refractivity contribution in [1.29, 1.82) is 0 Å². The molecule has 0 saturated carbocycles. The molecule has 0 radical (unpaired) electrons. The van der Waals surface area contributed by atoms with Crippen LogP contribution in [0.4, 0.5) is 15.0 Å². The first-order valence-electron chi connectivity index (χ1n) is 12.3. The van der Waals surface area contributed by atoms with Crippen LogP contribution in [0, 0.1) is 5.82 Å². The summed E-state index contributed by atoms with van der Waals surface area (Å²) < 4.78 is 27.6. The van der Waals surface area contributed by atoms with Crippen LogP contribution < -0.4 is 15.4 Å². The van der Waals surface area contributed by atoms with Gasteiger partial charge in [0.05, 0.1) is 18.5 Å². The van der Waals surface area contributed by atoms with Crippen molar-refractivity contribution in [3.63, 3.8) is 0 Å². The Morgan fingerprint density at radius 2 is 2.17 bits per heavy atom. The van der Waals surface area contributed by atoms with Crippen molar-refractivity contribution < 1.29 is 18.7 Å². The van der Waals surface area contributed by atoms with Gasteiger partial charge in [0.25, 0.3) is 0 Å². The Morgan fingerprint density at radius 1 is 1.31 bits per heavy atom. The highest BCUT2D eigenvalue weighted by Gasteiger charge is 2.23. The minimum Gasteiger partial charge on any atom is -0.493 e. The number of ether oxygens (including phenoxy) is 2. The third kappa shape index (κ3) is 5.12. The summed E-state index contributed by atoms with van der Waals surface area (Å²) in [5.41, 5.74) is 3.55. The molecule has 1 aliphatic heterocycles. The number of hydrogen-bond acceptors (Lipinski definition) is 7. The topological polar surface area (TPSA) is 103 Å². The van der Waals surface area contributed by atoms with E-state index in [1.165, 1.54) is 6.07 Å². The van der Waals surface area contributed by atoms with Crippen molar-refractivity contribution in [1.82, 2.24) is 24.9 Å². The molecule has 1 aromatic carbocycles. The van der Waals surface area contributed by atoms with Crippen LogP contribution >= 0.6 is 0 Å². The number of aromatic nitrogens is 4. The number of fused-ring (bicyclic) bond motifs is 2. The quantitative estimate of drug-likeness (QED) is 0.532. The average Bonchev–Trinajstić information content (AvgIpc) is 3.33. The normalized spacial score (nSPS) is 17.7. The highest BCUT2D eigenvalue weighted by atomic mass is 19.1. The molecule has 1 unspecified atom stereocenters. The molecule has 10 heteroatoms. The van der Waals surface area contributed by atoms with E-state index in [0.717, 1.165) is 48.3 Å². The number of halogens is 1. The Morgan fingerprint density at radius 3 is 2.94 bits per heavy atom. The van der Waals surface area contributed by atoms with Gasteiger partial charge in [-0.3, -0.25) is 4.40 Å². The second-order valence-corrected chi connectivity index (χ2v) is 10.2. The Labute approximate surface area is 209 Å². The number of anilines is 1. The van der Waals surface area contributed by atoms with Crippen LogP contribution in [0.25, 0.3) is 11.2 Å². The molecule has 3 heterocycles. The number of hydrogen-bond donors (Lipinski definition) is 2. The van der Waals surface area contributed by atoms with Crippen LogP contribution in [0.5, 0.6) is 5.75 Å². The predicted molar refractivity (Wildman–Crippen MR) is 133 cm³/mol. The van der Waals surface area contributed by atoms with Gasteiger partial charge in [-0.2, -0.15) is 0 Å². The molecule has 3 aromatic rings. The number of rotatable bonds is 5. The van der Waals surface area contributed by atoms with Crippen LogP contribution in [0.15, 0.2) is 30.7 Å². The predicted octanol–water partition coefficient (Wildman–Crippen LogP) is 4.66. The first kappa shape index (κ1) is 24.0. The van der Waals surface area contributed by atoms with E-state index in [1.54, 1.807) is 18.6 Å². The number of allylic oxidation sites excluding steroid dienone is 1. The maximum atomic E-state index is 14.6. The second kappa shape index (κ2) is 9.75. The van der Waals surface area contributed by atoms with E-state index >= 15 is 0 Å². The van der Waals surface area contributed by atoms with E-state index in [1.807, 2.05) is 25.2 Å². The van der Waals surface area contributed by atoms with Gasteiger partial charge in [-0.1, -0.05) is 6.08 Å². The van der Waals surface area contributed by atoms with Crippen molar-refractivity contribution in [2.45, 2.75) is 71.1 Å². The van der Waals surface area contributed by atoms with E-state index in [0.29, 0.717) is 30.1 Å². The van der Waals surface area contributed by atoms with Crippen molar-refractivity contribution in [2.75, 3.05) is 11.9 Å². The molecule has 1 atom stereocenters. The summed E-state index contributed by atoms with van der Waals surface area (Å²) in [7, 11) is 0. The molecule has 1 amide bonds. The second-order valence-electron chi connectivity index (χ2n) is 10.2. The first-order valence-corrected chi connectivity index (χ1v) is 12.3. The van der Waals surface area contributed by atoms with Crippen molar-refractivity contribution in [3.8, 4) is 5.75 Å². The van der Waals surface area contributed by atoms with Gasteiger partial charge in [0, 0.05) is 23.7 Å². The molecular formula is C26H31FN6O3. The lowest BCUT2D eigenvalue weighted by Gasteiger charge is -2.26. The van der Waals surface area contributed by atoms with Crippen LogP contribution in [0.3, 0.4) is 0 Å². The van der Waals surface area contributed by atoms with Gasteiger partial charge in [0.2, 0.25) is 5.65 Å². The lowest BCUT2D eigenvalue weighted by molar-refractivity contribution is 0.0502. The minimum atomic E-state index is -0.527. The number of amides is 1. The summed E-state index contributed by atoms with van der Waals surface area (Å²) in [5.74, 6) is 1.02. The van der Waals surface area contributed by atoms with Gasteiger partial charge >= 0.3 is 6.09 Å². The molecule has 0 fully saturated rings. The van der Waals surface area contributed by atoms with Gasteiger partial charge in [-0.25, -0.2) is 14.2 Å². The van der Waals surface area contributed by atoms with E-state index in [2.05, 4.69) is 31.9 Å². The standard InChI is InChI=1S/C26H31FN6O3/c1-26(2,3)36-25(34)31-17-8-6-16(7-9-17)21-14-29-23(24-32-30-15-33(21)24)28-13-19-18-5-4-12-35-22(18)11-10-20(19)27/h6,10-11,14-15,17H,4-5,7-9,12-13H2,1-3H3,(H,28,29)(H,31,34). The number of nitrogens with zero attached hydrogens (tertiary/aromatic N) is 4. The number of carbonyl (C=O) groups is 1. The highest BCUT2D eigenvalue weighted by molar-refractivity contribution is 5.71. The summed E-state index contributed by atoms with van der Waals surface area (Å²) in [5, 5.41) is 14.5. The third-order valence-electron chi connectivity index (χ3n) is 6.39. The fraction of sp³-hybridized carbons (Fsp3) is 0.462. The van der Waals surface area contributed by atoms with Gasteiger partial charge in [0.1, 0.15) is 23.5 Å². The molecule has 2 aromatic heterocycles. The molecule has 2 aliphatic rings. The summed E-state index contributed by atoms with van der Waals surface area (Å²) >= 11 is 0. The Bertz CT molecular complexity index is 1310. The van der Waals surface area contributed by atoms with E-state index < -0.39 is 11.7 Å².